The predicted molar refractivity (Wildman–Crippen MR) is 76.2 cm³/mol. The maximum Gasteiger partial charge on any atom is 0.255 e. The van der Waals surface area contributed by atoms with Gasteiger partial charge in [-0.3, -0.25) is 9.78 Å². The van der Waals surface area contributed by atoms with Crippen molar-refractivity contribution in [3.63, 3.8) is 0 Å². The number of benzene rings is 1. The number of hydrogen-bond donors (Lipinski definition) is 2. The number of aromatic nitrogens is 1. The minimum atomic E-state index is -0.346. The Hall–Kier alpha value is -2.42. The zero-order valence-electron chi connectivity index (χ0n) is 10.4. The van der Waals surface area contributed by atoms with Crippen LogP contribution in [0.5, 0.6) is 0 Å². The molecule has 0 radical (unpaired) electrons. The second-order valence-electron chi connectivity index (χ2n) is 4.00. The standard InChI is InChI=1S/C14H11ClN4O/c15-11-2-1-10(7-16)13(6-11)19-14(20)9-3-4-18-12(5-9)8-17/h1-6H,8,17H2,(H,19,20). The molecule has 2 rings (SSSR count). The number of nitrogens with one attached hydrogen (secondary N) is 1. The van der Waals surface area contributed by atoms with Gasteiger partial charge >= 0.3 is 0 Å². The molecule has 2 aromatic rings. The highest BCUT2D eigenvalue weighted by molar-refractivity contribution is 6.31. The normalized spacial score (nSPS) is 9.85. The van der Waals surface area contributed by atoms with Gasteiger partial charge < -0.3 is 11.1 Å². The fourth-order valence-electron chi connectivity index (χ4n) is 1.64. The molecule has 1 amide bonds. The fourth-order valence-corrected chi connectivity index (χ4v) is 1.82. The van der Waals surface area contributed by atoms with Gasteiger partial charge in [0.1, 0.15) is 6.07 Å². The molecule has 1 aromatic heterocycles. The summed E-state index contributed by atoms with van der Waals surface area (Å²) in [5.41, 5.74) is 7.23. The first kappa shape index (κ1) is 14.0. The first-order valence-corrected chi connectivity index (χ1v) is 6.18. The lowest BCUT2D eigenvalue weighted by molar-refractivity contribution is 0.102. The topological polar surface area (TPSA) is 91.8 Å². The van der Waals surface area contributed by atoms with Crippen LogP contribution in [0.15, 0.2) is 36.5 Å². The van der Waals surface area contributed by atoms with Gasteiger partial charge in [-0.2, -0.15) is 5.26 Å². The first-order valence-electron chi connectivity index (χ1n) is 5.80. The number of carbonyl (C=O) groups excluding carboxylic acids is 1. The van der Waals surface area contributed by atoms with Crippen molar-refractivity contribution in [1.82, 2.24) is 4.98 Å². The zero-order chi connectivity index (χ0) is 14.5. The van der Waals surface area contributed by atoms with Crippen LogP contribution in [-0.2, 0) is 6.54 Å². The second-order valence-corrected chi connectivity index (χ2v) is 4.43. The van der Waals surface area contributed by atoms with Crippen molar-refractivity contribution in [3.8, 4) is 6.07 Å². The number of halogens is 1. The van der Waals surface area contributed by atoms with Gasteiger partial charge in [-0.25, -0.2) is 0 Å². The van der Waals surface area contributed by atoms with E-state index in [9.17, 15) is 4.79 Å². The Balaban J connectivity index is 2.28. The van der Waals surface area contributed by atoms with Crippen LogP contribution in [0.3, 0.4) is 0 Å². The number of nitrogens with zero attached hydrogens (tertiary/aromatic N) is 2. The number of anilines is 1. The Bertz CT molecular complexity index is 694. The second kappa shape index (κ2) is 6.15. The molecule has 0 saturated carbocycles. The molecule has 0 saturated heterocycles. The van der Waals surface area contributed by atoms with Gasteiger partial charge in [-0.1, -0.05) is 11.6 Å². The SMILES string of the molecule is N#Cc1ccc(Cl)cc1NC(=O)c1ccnc(CN)c1. The highest BCUT2D eigenvalue weighted by Gasteiger charge is 2.10. The third-order valence-electron chi connectivity index (χ3n) is 2.64. The minimum absolute atomic E-state index is 0.252. The van der Waals surface area contributed by atoms with Crippen molar-refractivity contribution >= 4 is 23.2 Å². The number of nitrogens with two attached hydrogens (primary N) is 1. The smallest absolute Gasteiger partial charge is 0.255 e. The van der Waals surface area contributed by atoms with Gasteiger partial charge in [-0.15, -0.1) is 0 Å². The largest absolute Gasteiger partial charge is 0.325 e. The van der Waals surface area contributed by atoms with E-state index in [1.54, 1.807) is 24.3 Å². The number of hydrogen-bond acceptors (Lipinski definition) is 4. The maximum absolute atomic E-state index is 12.1. The molecule has 6 heteroatoms. The van der Waals surface area contributed by atoms with Gasteiger partial charge in [0.25, 0.3) is 5.91 Å². The van der Waals surface area contributed by atoms with Crippen LogP contribution in [0, 0.1) is 11.3 Å². The summed E-state index contributed by atoms with van der Waals surface area (Å²) in [6.07, 6.45) is 1.51. The van der Waals surface area contributed by atoms with E-state index < -0.39 is 0 Å². The molecule has 1 heterocycles. The van der Waals surface area contributed by atoms with Gasteiger partial charge in [0.05, 0.1) is 16.9 Å². The van der Waals surface area contributed by atoms with E-state index in [-0.39, 0.29) is 12.5 Å². The van der Waals surface area contributed by atoms with Crippen molar-refractivity contribution in [2.45, 2.75) is 6.54 Å². The lowest BCUT2D eigenvalue weighted by Gasteiger charge is -2.08. The highest BCUT2D eigenvalue weighted by atomic mass is 35.5. The molecule has 0 spiro atoms. The van der Waals surface area contributed by atoms with Crippen LogP contribution in [-0.4, -0.2) is 10.9 Å². The monoisotopic (exact) mass is 286 g/mol. The Labute approximate surface area is 121 Å². The molecule has 0 aliphatic carbocycles. The number of nitriles is 1. The third kappa shape index (κ3) is 3.12. The molecule has 100 valence electrons. The van der Waals surface area contributed by atoms with Crippen LogP contribution in [0.25, 0.3) is 0 Å². The Kier molecular flexibility index (Phi) is 4.31. The van der Waals surface area contributed by atoms with E-state index in [0.717, 1.165) is 0 Å². The van der Waals surface area contributed by atoms with Gasteiger partial charge in [0, 0.05) is 23.3 Å². The summed E-state index contributed by atoms with van der Waals surface area (Å²) in [6.45, 7) is 0.252. The van der Waals surface area contributed by atoms with Crippen molar-refractivity contribution in [1.29, 1.82) is 5.26 Å². The van der Waals surface area contributed by atoms with E-state index in [1.807, 2.05) is 6.07 Å². The predicted octanol–water partition coefficient (Wildman–Crippen LogP) is 2.32. The Morgan fingerprint density at radius 2 is 2.20 bits per heavy atom. The zero-order valence-corrected chi connectivity index (χ0v) is 11.2. The quantitative estimate of drug-likeness (QED) is 0.905. The maximum atomic E-state index is 12.1. The van der Waals surface area contributed by atoms with Crippen molar-refractivity contribution in [2.24, 2.45) is 5.73 Å². The highest BCUT2D eigenvalue weighted by Crippen LogP contribution is 2.21. The van der Waals surface area contributed by atoms with Crippen LogP contribution in [0.4, 0.5) is 5.69 Å². The number of carbonyl (C=O) groups is 1. The summed E-state index contributed by atoms with van der Waals surface area (Å²) in [5.74, 6) is -0.346. The lowest BCUT2D eigenvalue weighted by Crippen LogP contribution is -2.14. The Morgan fingerprint density at radius 1 is 1.40 bits per heavy atom. The van der Waals surface area contributed by atoms with Crippen molar-refractivity contribution < 1.29 is 4.79 Å². The van der Waals surface area contributed by atoms with E-state index in [1.165, 1.54) is 12.3 Å². The molecule has 20 heavy (non-hydrogen) atoms. The van der Waals surface area contributed by atoms with E-state index in [4.69, 9.17) is 22.6 Å². The fraction of sp³-hybridized carbons (Fsp3) is 0.0714. The first-order chi connectivity index (χ1) is 9.63. The van der Waals surface area contributed by atoms with Crippen molar-refractivity contribution in [3.05, 3.63) is 58.4 Å². The lowest BCUT2D eigenvalue weighted by atomic mass is 10.1. The molecule has 3 N–H and O–H groups in total. The molecule has 0 aliphatic rings. The number of amides is 1. The molecule has 0 bridgehead atoms. The summed E-state index contributed by atoms with van der Waals surface area (Å²) in [7, 11) is 0. The van der Waals surface area contributed by atoms with Gasteiger partial charge in [0.2, 0.25) is 0 Å². The summed E-state index contributed by atoms with van der Waals surface area (Å²) in [6, 6.07) is 9.85. The molecule has 5 nitrogen and oxygen atoms in total. The van der Waals surface area contributed by atoms with Gasteiger partial charge in [0.15, 0.2) is 0 Å². The number of pyridine rings is 1. The van der Waals surface area contributed by atoms with Crippen molar-refractivity contribution in [2.75, 3.05) is 5.32 Å². The average molecular weight is 287 g/mol. The van der Waals surface area contributed by atoms with E-state index >= 15 is 0 Å². The summed E-state index contributed by atoms with van der Waals surface area (Å²) in [5, 5.41) is 12.1. The van der Waals surface area contributed by atoms with Crippen LogP contribution in [0.2, 0.25) is 5.02 Å². The summed E-state index contributed by atoms with van der Waals surface area (Å²) >= 11 is 5.86. The number of rotatable bonds is 3. The summed E-state index contributed by atoms with van der Waals surface area (Å²) < 4.78 is 0. The van der Waals surface area contributed by atoms with Gasteiger partial charge in [-0.05, 0) is 30.3 Å². The molecule has 0 atom stereocenters. The van der Waals surface area contributed by atoms with E-state index in [0.29, 0.717) is 27.5 Å². The molecular formula is C14H11ClN4O. The average Bonchev–Trinajstić information content (AvgIpc) is 2.47. The third-order valence-corrected chi connectivity index (χ3v) is 2.87. The van der Waals surface area contributed by atoms with Crippen LogP contribution < -0.4 is 11.1 Å². The van der Waals surface area contributed by atoms with E-state index in [2.05, 4.69) is 10.3 Å². The van der Waals surface area contributed by atoms with Crippen LogP contribution in [0.1, 0.15) is 21.6 Å². The molecule has 0 fully saturated rings. The molecule has 1 aromatic carbocycles. The minimum Gasteiger partial charge on any atom is -0.325 e. The molecular weight excluding hydrogens is 276 g/mol. The van der Waals surface area contributed by atoms with Crippen LogP contribution >= 0.6 is 11.6 Å². The molecule has 0 unspecified atom stereocenters. The summed E-state index contributed by atoms with van der Waals surface area (Å²) in [4.78, 5) is 16.1. The Morgan fingerprint density at radius 3 is 2.90 bits per heavy atom. The molecule has 0 aliphatic heterocycles.